The number of carboxylic acid groups (broad SMARTS) is 1. The molecule has 0 amide bonds. The van der Waals surface area contributed by atoms with E-state index < -0.39 is 5.97 Å². The van der Waals surface area contributed by atoms with Crippen LogP contribution in [0, 0.1) is 0 Å². The Hall–Kier alpha value is -3.46. The highest BCUT2D eigenvalue weighted by Gasteiger charge is 2.12. The molecule has 4 rings (SSSR count). The minimum Gasteiger partial charge on any atom is -0.478 e. The maximum absolute atomic E-state index is 11.6. The number of para-hydroxylation sites is 1. The number of hydrogen-bond acceptors (Lipinski definition) is 2. The lowest BCUT2D eigenvalue weighted by Crippen LogP contribution is -2.00. The summed E-state index contributed by atoms with van der Waals surface area (Å²) in [5, 5.41) is 10.2. The lowest BCUT2D eigenvalue weighted by molar-refractivity contribution is 0.0699. The van der Waals surface area contributed by atoms with Gasteiger partial charge >= 0.3 is 5.97 Å². The van der Waals surface area contributed by atoms with Gasteiger partial charge < -0.3 is 5.11 Å². The van der Waals surface area contributed by atoms with E-state index in [1.807, 2.05) is 48.5 Å². The summed E-state index contributed by atoms with van der Waals surface area (Å²) in [5.74, 6) is -0.939. The Morgan fingerprint density at radius 3 is 2.19 bits per heavy atom. The van der Waals surface area contributed by atoms with Gasteiger partial charge in [0.2, 0.25) is 0 Å². The van der Waals surface area contributed by atoms with E-state index in [0.29, 0.717) is 16.6 Å². The topological polar surface area (TPSA) is 50.2 Å². The molecule has 0 aliphatic heterocycles. The van der Waals surface area contributed by atoms with Gasteiger partial charge in [-0.3, -0.25) is 0 Å². The zero-order valence-corrected chi connectivity index (χ0v) is 14.1. The molecule has 0 atom stereocenters. The fraction of sp³-hybridized carbons (Fsp3) is 0.0435. The molecule has 0 bridgehead atoms. The third-order valence-electron chi connectivity index (χ3n) is 4.45. The Labute approximate surface area is 151 Å². The molecule has 26 heavy (non-hydrogen) atoms. The third kappa shape index (κ3) is 3.20. The molecule has 0 aliphatic rings. The Kier molecular flexibility index (Phi) is 4.20. The fourth-order valence-electron chi connectivity index (χ4n) is 3.13. The molecule has 1 heterocycles. The number of aromatic carboxylic acids is 1. The van der Waals surface area contributed by atoms with E-state index in [-0.39, 0.29) is 5.56 Å². The van der Waals surface area contributed by atoms with Crippen LogP contribution in [0.2, 0.25) is 0 Å². The van der Waals surface area contributed by atoms with Crippen molar-refractivity contribution < 1.29 is 9.90 Å². The standard InChI is InChI=1S/C23H17NO2/c25-23(26)20-15-22(24-21-9-5-4-8-19(20)21)18-12-10-17(11-13-18)14-16-6-2-1-3-7-16/h1-13,15H,14H2,(H,25,26). The van der Waals surface area contributed by atoms with E-state index in [1.165, 1.54) is 11.1 Å². The van der Waals surface area contributed by atoms with E-state index in [2.05, 4.69) is 29.2 Å². The van der Waals surface area contributed by atoms with Crippen LogP contribution in [0.25, 0.3) is 22.2 Å². The normalized spacial score (nSPS) is 10.8. The summed E-state index contributed by atoms with van der Waals surface area (Å²) in [5.41, 5.74) is 5.02. The Morgan fingerprint density at radius 1 is 0.808 bits per heavy atom. The van der Waals surface area contributed by atoms with Gasteiger partial charge in [0.1, 0.15) is 0 Å². The number of carbonyl (C=O) groups is 1. The number of hydrogen-bond donors (Lipinski definition) is 1. The van der Waals surface area contributed by atoms with Crippen molar-refractivity contribution in [1.82, 2.24) is 4.98 Å². The maximum Gasteiger partial charge on any atom is 0.336 e. The average molecular weight is 339 g/mol. The van der Waals surface area contributed by atoms with Crippen LogP contribution in [0.5, 0.6) is 0 Å². The zero-order chi connectivity index (χ0) is 17.9. The summed E-state index contributed by atoms with van der Waals surface area (Å²) in [6.07, 6.45) is 0.868. The van der Waals surface area contributed by atoms with E-state index in [9.17, 15) is 9.90 Å². The van der Waals surface area contributed by atoms with Crippen LogP contribution in [0.4, 0.5) is 0 Å². The molecule has 0 saturated carbocycles. The van der Waals surface area contributed by atoms with Gasteiger partial charge in [0.15, 0.2) is 0 Å². The number of benzene rings is 3. The van der Waals surface area contributed by atoms with Gasteiger partial charge in [0.25, 0.3) is 0 Å². The highest BCUT2D eigenvalue weighted by Crippen LogP contribution is 2.25. The molecule has 0 spiro atoms. The molecule has 0 aliphatic carbocycles. The SMILES string of the molecule is O=C(O)c1cc(-c2ccc(Cc3ccccc3)cc2)nc2ccccc12. The molecular weight excluding hydrogens is 322 g/mol. The largest absolute Gasteiger partial charge is 0.478 e. The van der Waals surface area contributed by atoms with Gasteiger partial charge in [-0.15, -0.1) is 0 Å². The van der Waals surface area contributed by atoms with E-state index in [0.717, 1.165) is 12.0 Å². The Balaban J connectivity index is 1.70. The Bertz CT molecular complexity index is 1070. The van der Waals surface area contributed by atoms with Crippen molar-refractivity contribution in [2.24, 2.45) is 0 Å². The first-order valence-electron chi connectivity index (χ1n) is 8.47. The minimum absolute atomic E-state index is 0.277. The van der Waals surface area contributed by atoms with Crippen LogP contribution in [0.3, 0.4) is 0 Å². The summed E-state index contributed by atoms with van der Waals surface area (Å²) in [7, 11) is 0. The van der Waals surface area contributed by atoms with E-state index in [1.54, 1.807) is 12.1 Å². The number of aromatic nitrogens is 1. The molecule has 3 heteroatoms. The molecule has 3 aromatic carbocycles. The van der Waals surface area contributed by atoms with Gasteiger partial charge in [-0.1, -0.05) is 72.8 Å². The first-order valence-corrected chi connectivity index (χ1v) is 8.47. The van der Waals surface area contributed by atoms with Crippen molar-refractivity contribution in [2.75, 3.05) is 0 Å². The summed E-state index contributed by atoms with van der Waals surface area (Å²) >= 11 is 0. The monoisotopic (exact) mass is 339 g/mol. The van der Waals surface area contributed by atoms with Gasteiger partial charge in [0.05, 0.1) is 16.8 Å². The van der Waals surface area contributed by atoms with Crippen LogP contribution < -0.4 is 0 Å². The number of fused-ring (bicyclic) bond motifs is 1. The van der Waals surface area contributed by atoms with Gasteiger partial charge in [-0.2, -0.15) is 0 Å². The smallest absolute Gasteiger partial charge is 0.336 e. The highest BCUT2D eigenvalue weighted by molar-refractivity contribution is 6.03. The van der Waals surface area contributed by atoms with Crippen molar-refractivity contribution in [3.8, 4) is 11.3 Å². The predicted molar refractivity (Wildman–Crippen MR) is 103 cm³/mol. The second-order valence-electron chi connectivity index (χ2n) is 6.24. The molecule has 0 saturated heterocycles. The second kappa shape index (κ2) is 6.81. The first-order chi connectivity index (χ1) is 12.7. The van der Waals surface area contributed by atoms with Gasteiger partial charge in [0, 0.05) is 10.9 Å². The van der Waals surface area contributed by atoms with Crippen molar-refractivity contribution >= 4 is 16.9 Å². The lowest BCUT2D eigenvalue weighted by atomic mass is 10.0. The molecule has 126 valence electrons. The summed E-state index contributed by atoms with van der Waals surface area (Å²) in [6, 6.07) is 27.4. The number of nitrogens with zero attached hydrogens (tertiary/aromatic N) is 1. The van der Waals surface area contributed by atoms with Crippen LogP contribution in [0.1, 0.15) is 21.5 Å². The second-order valence-corrected chi connectivity index (χ2v) is 6.24. The average Bonchev–Trinajstić information content (AvgIpc) is 2.68. The molecular formula is C23H17NO2. The van der Waals surface area contributed by atoms with E-state index >= 15 is 0 Å². The fourth-order valence-corrected chi connectivity index (χ4v) is 3.13. The predicted octanol–water partition coefficient (Wildman–Crippen LogP) is 5.19. The number of rotatable bonds is 4. The number of carboxylic acids is 1. The van der Waals surface area contributed by atoms with Crippen molar-refractivity contribution in [2.45, 2.75) is 6.42 Å². The summed E-state index contributed by atoms with van der Waals surface area (Å²) in [4.78, 5) is 16.3. The molecule has 0 fully saturated rings. The summed E-state index contributed by atoms with van der Waals surface area (Å²) in [6.45, 7) is 0. The zero-order valence-electron chi connectivity index (χ0n) is 14.1. The van der Waals surface area contributed by atoms with Crippen LogP contribution >= 0.6 is 0 Å². The third-order valence-corrected chi connectivity index (χ3v) is 4.45. The molecule has 1 aromatic heterocycles. The Morgan fingerprint density at radius 2 is 1.46 bits per heavy atom. The number of pyridine rings is 1. The van der Waals surface area contributed by atoms with Crippen molar-refractivity contribution in [3.63, 3.8) is 0 Å². The quantitative estimate of drug-likeness (QED) is 0.556. The first kappa shape index (κ1) is 16.0. The van der Waals surface area contributed by atoms with Crippen molar-refractivity contribution in [1.29, 1.82) is 0 Å². The molecule has 4 aromatic rings. The van der Waals surface area contributed by atoms with Crippen LogP contribution in [-0.2, 0) is 6.42 Å². The van der Waals surface area contributed by atoms with Crippen molar-refractivity contribution in [3.05, 3.63) is 102 Å². The molecule has 3 nitrogen and oxygen atoms in total. The van der Waals surface area contributed by atoms with Crippen LogP contribution in [0.15, 0.2) is 84.9 Å². The lowest BCUT2D eigenvalue weighted by Gasteiger charge is -2.08. The van der Waals surface area contributed by atoms with Gasteiger partial charge in [-0.25, -0.2) is 9.78 Å². The van der Waals surface area contributed by atoms with Crippen LogP contribution in [-0.4, -0.2) is 16.1 Å². The minimum atomic E-state index is -0.939. The van der Waals surface area contributed by atoms with E-state index in [4.69, 9.17) is 0 Å². The maximum atomic E-state index is 11.6. The highest BCUT2D eigenvalue weighted by atomic mass is 16.4. The molecule has 1 N–H and O–H groups in total. The van der Waals surface area contributed by atoms with Gasteiger partial charge in [-0.05, 0) is 29.7 Å². The summed E-state index contributed by atoms with van der Waals surface area (Å²) < 4.78 is 0. The molecule has 0 radical (unpaired) electrons. The molecule has 0 unspecified atom stereocenters.